The Morgan fingerprint density at radius 2 is 1.93 bits per heavy atom. The highest BCUT2D eigenvalue weighted by Crippen LogP contribution is 2.13. The molecule has 0 unspecified atom stereocenters. The van der Waals surface area contributed by atoms with Gasteiger partial charge < -0.3 is 14.2 Å². The zero-order valence-electron chi connectivity index (χ0n) is 18.1. The lowest BCUT2D eigenvalue weighted by Crippen LogP contribution is -2.18. The third-order valence-corrected chi connectivity index (χ3v) is 4.66. The molecule has 0 N–H and O–H groups in total. The summed E-state index contributed by atoms with van der Waals surface area (Å²) in [6.07, 6.45) is 11.5. The monoisotopic (exact) mass is 411 g/mol. The summed E-state index contributed by atoms with van der Waals surface area (Å²) in [6.45, 7) is 3.34. The number of methoxy groups -OCH3 is 1. The Morgan fingerprint density at radius 3 is 2.63 bits per heavy atom. The number of aromatic nitrogens is 1. The van der Waals surface area contributed by atoms with Crippen LogP contribution in [0.25, 0.3) is 0 Å². The van der Waals surface area contributed by atoms with Crippen LogP contribution in [-0.2, 0) is 16.1 Å². The van der Waals surface area contributed by atoms with Gasteiger partial charge in [0.05, 0.1) is 13.7 Å². The van der Waals surface area contributed by atoms with Crippen LogP contribution in [0.4, 0.5) is 0 Å². The number of nitrogens with zero attached hydrogens (tertiary/aromatic N) is 1. The van der Waals surface area contributed by atoms with Crippen LogP contribution in [0.2, 0.25) is 0 Å². The van der Waals surface area contributed by atoms with Crippen molar-refractivity contribution in [2.45, 2.75) is 58.2 Å². The third kappa shape index (κ3) is 9.23. The molecule has 0 spiro atoms. The molecule has 1 heterocycles. The van der Waals surface area contributed by atoms with E-state index < -0.39 is 5.97 Å². The summed E-state index contributed by atoms with van der Waals surface area (Å²) in [6, 6.07) is 13.1. The first-order valence-corrected chi connectivity index (χ1v) is 10.7. The smallest absolute Gasteiger partial charge is 0.357 e. The maximum atomic E-state index is 12.4. The van der Waals surface area contributed by atoms with E-state index in [9.17, 15) is 4.79 Å². The largest absolute Gasteiger partial charge is 0.497 e. The van der Waals surface area contributed by atoms with Crippen LogP contribution >= 0.6 is 0 Å². The van der Waals surface area contributed by atoms with Crippen LogP contribution in [0, 0.1) is 0 Å². The summed E-state index contributed by atoms with van der Waals surface area (Å²) in [4.78, 5) is 16.4. The van der Waals surface area contributed by atoms with Gasteiger partial charge in [-0.15, -0.1) is 0 Å². The van der Waals surface area contributed by atoms with Crippen LogP contribution in [0.15, 0.2) is 60.8 Å². The van der Waals surface area contributed by atoms with Gasteiger partial charge >= 0.3 is 5.97 Å². The molecule has 0 radical (unpaired) electrons. The van der Waals surface area contributed by atoms with Gasteiger partial charge in [-0.1, -0.05) is 44.0 Å². The van der Waals surface area contributed by atoms with E-state index in [0.29, 0.717) is 25.3 Å². The van der Waals surface area contributed by atoms with E-state index in [4.69, 9.17) is 14.2 Å². The molecular formula is C25H33NO4. The molecule has 1 aromatic heterocycles. The number of allylic oxidation sites excluding steroid dienone is 1. The van der Waals surface area contributed by atoms with Crippen LogP contribution < -0.4 is 4.74 Å². The first kappa shape index (κ1) is 23.6. The first-order valence-electron chi connectivity index (χ1n) is 10.7. The summed E-state index contributed by atoms with van der Waals surface area (Å²) >= 11 is 0. The number of hydrogen-bond acceptors (Lipinski definition) is 5. The van der Waals surface area contributed by atoms with E-state index in [-0.39, 0.29) is 6.10 Å². The van der Waals surface area contributed by atoms with Crippen LogP contribution in [0.5, 0.6) is 5.75 Å². The second-order valence-corrected chi connectivity index (χ2v) is 7.13. The minimum absolute atomic E-state index is 0.272. The summed E-state index contributed by atoms with van der Waals surface area (Å²) in [7, 11) is 1.65. The molecule has 0 amide bonds. The molecule has 0 fully saturated rings. The van der Waals surface area contributed by atoms with Gasteiger partial charge in [-0.2, -0.15) is 0 Å². The highest BCUT2D eigenvalue weighted by atomic mass is 16.5. The van der Waals surface area contributed by atoms with E-state index in [1.54, 1.807) is 31.5 Å². The van der Waals surface area contributed by atoms with Crippen LogP contribution in [0.3, 0.4) is 0 Å². The van der Waals surface area contributed by atoms with Gasteiger partial charge in [0.2, 0.25) is 0 Å². The van der Waals surface area contributed by atoms with Crippen molar-refractivity contribution in [1.82, 2.24) is 4.98 Å². The van der Waals surface area contributed by atoms with Crippen molar-refractivity contribution >= 4 is 5.97 Å². The van der Waals surface area contributed by atoms with E-state index >= 15 is 0 Å². The van der Waals surface area contributed by atoms with Crippen molar-refractivity contribution in [3.8, 4) is 5.75 Å². The van der Waals surface area contributed by atoms with Crippen molar-refractivity contribution in [2.24, 2.45) is 0 Å². The number of pyridine rings is 1. The number of hydrogen-bond donors (Lipinski definition) is 0. The van der Waals surface area contributed by atoms with Crippen molar-refractivity contribution < 1.29 is 19.0 Å². The lowest BCUT2D eigenvalue weighted by atomic mass is 10.1. The Bertz CT molecular complexity index is 744. The topological polar surface area (TPSA) is 57.7 Å². The molecule has 0 bridgehead atoms. The van der Waals surface area contributed by atoms with E-state index in [2.05, 4.69) is 18.0 Å². The highest BCUT2D eigenvalue weighted by molar-refractivity contribution is 5.87. The Hall–Kier alpha value is -2.66. The second kappa shape index (κ2) is 14.3. The van der Waals surface area contributed by atoms with Crippen molar-refractivity contribution in [3.63, 3.8) is 0 Å². The SMILES string of the molecule is CCCCC/C=C\[C@H](CCCOCc1ccc(OC)cc1)OC(=O)c1ccccn1. The number of esters is 1. The van der Waals surface area contributed by atoms with Gasteiger partial charge in [-0.25, -0.2) is 9.78 Å². The Kier molecular flexibility index (Phi) is 11.3. The molecule has 2 rings (SSSR count). The first-order chi connectivity index (χ1) is 14.7. The van der Waals surface area contributed by atoms with Gasteiger partial charge in [0.1, 0.15) is 17.5 Å². The van der Waals surface area contributed by atoms with Gasteiger partial charge in [-0.05, 0) is 61.6 Å². The highest BCUT2D eigenvalue weighted by Gasteiger charge is 2.14. The molecule has 0 aliphatic rings. The molecule has 30 heavy (non-hydrogen) atoms. The number of carbonyl (C=O) groups excluding carboxylic acids is 1. The fourth-order valence-electron chi connectivity index (χ4n) is 2.93. The Morgan fingerprint density at radius 1 is 1.10 bits per heavy atom. The molecule has 0 aliphatic heterocycles. The molecule has 1 aromatic carbocycles. The van der Waals surface area contributed by atoms with Gasteiger partial charge in [0.15, 0.2) is 0 Å². The zero-order valence-corrected chi connectivity index (χ0v) is 18.1. The maximum absolute atomic E-state index is 12.4. The summed E-state index contributed by atoms with van der Waals surface area (Å²) in [5, 5.41) is 0. The van der Waals surface area contributed by atoms with E-state index in [1.807, 2.05) is 30.3 Å². The standard InChI is InChI=1S/C25H33NO4/c1-3-4-5-6-7-11-23(30-25(27)24-13-8-9-18-26-24)12-10-19-29-20-21-14-16-22(28-2)17-15-21/h7-9,11,13-18,23H,3-6,10,12,19-20H2,1-2H3/b11-7-/t23-/m1/s1. The van der Waals surface area contributed by atoms with Crippen molar-refractivity contribution in [1.29, 1.82) is 0 Å². The summed E-state index contributed by atoms with van der Waals surface area (Å²) < 4.78 is 16.6. The lowest BCUT2D eigenvalue weighted by molar-refractivity contribution is 0.0342. The molecule has 0 aliphatic carbocycles. The van der Waals surface area contributed by atoms with Crippen LogP contribution in [-0.4, -0.2) is 30.8 Å². The molecule has 0 saturated carbocycles. The number of ether oxygens (including phenoxy) is 3. The van der Waals surface area contributed by atoms with Crippen molar-refractivity contribution in [3.05, 3.63) is 72.1 Å². The summed E-state index contributed by atoms with van der Waals surface area (Å²) in [5.74, 6) is 0.444. The molecule has 5 heteroatoms. The van der Waals surface area contributed by atoms with Crippen LogP contribution in [0.1, 0.15) is 61.5 Å². The van der Waals surface area contributed by atoms with Crippen molar-refractivity contribution in [2.75, 3.05) is 13.7 Å². The summed E-state index contributed by atoms with van der Waals surface area (Å²) in [5.41, 5.74) is 1.43. The zero-order chi connectivity index (χ0) is 21.4. The number of benzene rings is 1. The fraction of sp³-hybridized carbons (Fsp3) is 0.440. The van der Waals surface area contributed by atoms with Gasteiger partial charge in [-0.3, -0.25) is 0 Å². The number of carbonyl (C=O) groups is 1. The molecule has 1 atom stereocenters. The van der Waals surface area contributed by atoms with E-state index in [1.165, 1.54) is 12.8 Å². The average molecular weight is 412 g/mol. The Balaban J connectivity index is 1.78. The molecule has 2 aromatic rings. The molecule has 5 nitrogen and oxygen atoms in total. The maximum Gasteiger partial charge on any atom is 0.357 e. The fourth-order valence-corrected chi connectivity index (χ4v) is 2.93. The number of rotatable bonds is 14. The Labute approximate surface area is 180 Å². The third-order valence-electron chi connectivity index (χ3n) is 4.66. The molecular weight excluding hydrogens is 378 g/mol. The molecule has 162 valence electrons. The minimum Gasteiger partial charge on any atom is -0.497 e. The van der Waals surface area contributed by atoms with Gasteiger partial charge in [0.25, 0.3) is 0 Å². The average Bonchev–Trinajstić information content (AvgIpc) is 2.79. The van der Waals surface area contributed by atoms with E-state index in [0.717, 1.165) is 30.6 Å². The predicted molar refractivity (Wildman–Crippen MR) is 119 cm³/mol. The minimum atomic E-state index is -0.391. The molecule has 0 saturated heterocycles. The normalized spacial score (nSPS) is 12.1. The second-order valence-electron chi connectivity index (χ2n) is 7.13. The quantitative estimate of drug-likeness (QED) is 0.225. The predicted octanol–water partition coefficient (Wildman–Crippen LogP) is 5.75. The van der Waals surface area contributed by atoms with Gasteiger partial charge in [0, 0.05) is 12.8 Å². The lowest BCUT2D eigenvalue weighted by Gasteiger charge is -2.14. The number of unbranched alkanes of at least 4 members (excludes halogenated alkanes) is 3.